The Morgan fingerprint density at radius 2 is 2.22 bits per heavy atom. The van der Waals surface area contributed by atoms with Crippen LogP contribution in [0.25, 0.3) is 0 Å². The fourth-order valence-electron chi connectivity index (χ4n) is 0.327. The van der Waals surface area contributed by atoms with Gasteiger partial charge in [0.15, 0.2) is 0 Å². The molecule has 0 aromatic carbocycles. The van der Waals surface area contributed by atoms with Crippen LogP contribution in [0.5, 0.6) is 0 Å². The zero-order valence-electron chi connectivity index (χ0n) is 5.63. The van der Waals surface area contributed by atoms with Gasteiger partial charge >= 0.3 is 0 Å². The van der Waals surface area contributed by atoms with Crippen LogP contribution in [0.3, 0.4) is 0 Å². The van der Waals surface area contributed by atoms with Gasteiger partial charge in [0, 0.05) is 10.3 Å². The maximum atomic E-state index is 5.65. The highest BCUT2D eigenvalue weighted by atomic mass is 35.5. The van der Waals surface area contributed by atoms with E-state index in [-0.39, 0.29) is 5.25 Å². The molecule has 1 unspecified atom stereocenters. The van der Waals surface area contributed by atoms with Crippen LogP contribution in [-0.2, 0) is 0 Å². The van der Waals surface area contributed by atoms with E-state index in [1.807, 2.05) is 32.1 Å². The topological polar surface area (TPSA) is 0 Å². The molecule has 0 saturated carbocycles. The van der Waals surface area contributed by atoms with Crippen LogP contribution in [-0.4, -0.2) is 5.25 Å². The van der Waals surface area contributed by atoms with Gasteiger partial charge in [-0.15, -0.1) is 0 Å². The lowest BCUT2D eigenvalue weighted by molar-refractivity contribution is 1.26. The van der Waals surface area contributed by atoms with Gasteiger partial charge in [-0.25, -0.2) is 0 Å². The zero-order valence-corrected chi connectivity index (χ0v) is 7.28. The minimum Gasteiger partial charge on any atom is -0.172 e. The van der Waals surface area contributed by atoms with E-state index in [1.54, 1.807) is 0 Å². The van der Waals surface area contributed by atoms with Crippen molar-refractivity contribution in [2.24, 2.45) is 0 Å². The van der Waals surface area contributed by atoms with Crippen molar-refractivity contribution in [3.05, 3.63) is 23.3 Å². The van der Waals surface area contributed by atoms with Crippen molar-refractivity contribution in [1.29, 1.82) is 0 Å². The molecule has 0 aromatic heterocycles. The van der Waals surface area contributed by atoms with Crippen molar-refractivity contribution in [2.75, 3.05) is 0 Å². The van der Waals surface area contributed by atoms with E-state index in [0.717, 1.165) is 5.03 Å². The molecule has 0 fully saturated rings. The molecule has 9 heavy (non-hydrogen) atoms. The van der Waals surface area contributed by atoms with Crippen LogP contribution in [0.2, 0.25) is 0 Å². The number of thiol groups is 1. The molecule has 1 atom stereocenters. The summed E-state index contributed by atoms with van der Waals surface area (Å²) in [5.41, 5.74) is 0. The van der Waals surface area contributed by atoms with Gasteiger partial charge < -0.3 is 0 Å². The molecule has 0 aromatic rings. The third-order valence-corrected chi connectivity index (χ3v) is 1.33. The Hall–Kier alpha value is 0.120. The largest absolute Gasteiger partial charge is 0.172 e. The second kappa shape index (κ2) is 4.95. The SMILES string of the molecule is CC=C(Cl)C=CC(C)S. The van der Waals surface area contributed by atoms with Gasteiger partial charge in [-0.05, 0) is 19.9 Å². The summed E-state index contributed by atoms with van der Waals surface area (Å²) in [5.74, 6) is 0. The van der Waals surface area contributed by atoms with Crippen LogP contribution in [0.1, 0.15) is 13.8 Å². The molecule has 0 rings (SSSR count). The minimum absolute atomic E-state index is 0.277. The average molecular weight is 163 g/mol. The van der Waals surface area contributed by atoms with Crippen molar-refractivity contribution in [2.45, 2.75) is 19.1 Å². The predicted molar refractivity (Wildman–Crippen MR) is 47.2 cm³/mol. The van der Waals surface area contributed by atoms with Crippen molar-refractivity contribution >= 4 is 24.2 Å². The Morgan fingerprint density at radius 1 is 1.67 bits per heavy atom. The number of rotatable bonds is 2. The van der Waals surface area contributed by atoms with Crippen molar-refractivity contribution in [3.8, 4) is 0 Å². The Balaban J connectivity index is 3.71. The van der Waals surface area contributed by atoms with E-state index in [2.05, 4.69) is 12.6 Å². The smallest absolute Gasteiger partial charge is 0.0360 e. The van der Waals surface area contributed by atoms with E-state index in [0.29, 0.717) is 0 Å². The Kier molecular flexibility index (Phi) is 5.02. The van der Waals surface area contributed by atoms with Crippen LogP contribution in [0.4, 0.5) is 0 Å². The number of allylic oxidation sites excluding steroid dienone is 3. The molecule has 0 nitrogen and oxygen atoms in total. The highest BCUT2D eigenvalue weighted by molar-refractivity contribution is 7.81. The number of hydrogen-bond acceptors (Lipinski definition) is 1. The van der Waals surface area contributed by atoms with Gasteiger partial charge in [0.05, 0.1) is 0 Å². The second-order valence-corrected chi connectivity index (χ2v) is 3.02. The summed E-state index contributed by atoms with van der Waals surface area (Å²) in [6.07, 6.45) is 5.62. The van der Waals surface area contributed by atoms with E-state index >= 15 is 0 Å². The summed E-state index contributed by atoms with van der Waals surface area (Å²) in [4.78, 5) is 0. The van der Waals surface area contributed by atoms with Crippen molar-refractivity contribution < 1.29 is 0 Å². The van der Waals surface area contributed by atoms with E-state index in [4.69, 9.17) is 11.6 Å². The van der Waals surface area contributed by atoms with Crippen molar-refractivity contribution in [1.82, 2.24) is 0 Å². The molecule has 52 valence electrons. The molecule has 0 saturated heterocycles. The summed E-state index contributed by atoms with van der Waals surface area (Å²) in [6, 6.07) is 0. The molecule has 0 aliphatic heterocycles. The van der Waals surface area contributed by atoms with Crippen LogP contribution < -0.4 is 0 Å². The third-order valence-electron chi connectivity index (χ3n) is 0.810. The van der Waals surface area contributed by atoms with Gasteiger partial charge in [-0.1, -0.05) is 23.8 Å². The van der Waals surface area contributed by atoms with Crippen LogP contribution >= 0.6 is 24.2 Å². The van der Waals surface area contributed by atoms with Gasteiger partial charge in [-0.3, -0.25) is 0 Å². The Labute approximate surface area is 67.0 Å². The fourth-order valence-corrected chi connectivity index (χ4v) is 0.486. The maximum Gasteiger partial charge on any atom is 0.0360 e. The van der Waals surface area contributed by atoms with Gasteiger partial charge in [0.2, 0.25) is 0 Å². The molecule has 0 N–H and O–H groups in total. The van der Waals surface area contributed by atoms with Gasteiger partial charge in [0.1, 0.15) is 0 Å². The lowest BCUT2D eigenvalue weighted by atomic mass is 10.4. The third kappa shape index (κ3) is 6.00. The quantitative estimate of drug-likeness (QED) is 0.469. The number of halogens is 1. The molecule has 2 heteroatoms. The highest BCUT2D eigenvalue weighted by Crippen LogP contribution is 2.04. The normalized spacial score (nSPS) is 16.7. The minimum atomic E-state index is 0.277. The van der Waals surface area contributed by atoms with Crippen LogP contribution in [0, 0.1) is 0 Å². The molecular formula is C7H11ClS. The molecular weight excluding hydrogens is 152 g/mol. The summed E-state index contributed by atoms with van der Waals surface area (Å²) in [6.45, 7) is 3.88. The molecule has 0 heterocycles. The number of hydrogen-bond donors (Lipinski definition) is 1. The first-order valence-electron chi connectivity index (χ1n) is 2.85. The van der Waals surface area contributed by atoms with E-state index in [1.165, 1.54) is 0 Å². The maximum absolute atomic E-state index is 5.65. The summed E-state index contributed by atoms with van der Waals surface area (Å²) in [7, 11) is 0. The second-order valence-electron chi connectivity index (χ2n) is 1.77. The molecule has 0 aliphatic carbocycles. The molecule has 0 radical (unpaired) electrons. The first kappa shape index (κ1) is 9.12. The summed E-state index contributed by atoms with van der Waals surface area (Å²) in [5, 5.41) is 1.04. The molecule has 0 amide bonds. The summed E-state index contributed by atoms with van der Waals surface area (Å²) >= 11 is 9.79. The molecule has 0 spiro atoms. The predicted octanol–water partition coefficient (Wildman–Crippen LogP) is 3.00. The highest BCUT2D eigenvalue weighted by Gasteiger charge is 1.84. The monoisotopic (exact) mass is 162 g/mol. The van der Waals surface area contributed by atoms with E-state index < -0.39 is 0 Å². The molecule has 0 bridgehead atoms. The standard InChI is InChI=1S/C7H11ClS/c1-3-7(8)5-4-6(2)9/h3-6,9H,1-2H3. The fraction of sp³-hybridized carbons (Fsp3) is 0.429. The summed E-state index contributed by atoms with van der Waals surface area (Å²) < 4.78 is 0. The lowest BCUT2D eigenvalue weighted by Crippen LogP contribution is -1.79. The van der Waals surface area contributed by atoms with Crippen LogP contribution in [0.15, 0.2) is 23.3 Å². The Bertz CT molecular complexity index is 125. The van der Waals surface area contributed by atoms with Gasteiger partial charge in [0.25, 0.3) is 0 Å². The van der Waals surface area contributed by atoms with E-state index in [9.17, 15) is 0 Å². The van der Waals surface area contributed by atoms with Crippen molar-refractivity contribution in [3.63, 3.8) is 0 Å². The molecule has 0 aliphatic rings. The average Bonchev–Trinajstić information content (AvgIpc) is 1.83. The van der Waals surface area contributed by atoms with Gasteiger partial charge in [-0.2, -0.15) is 12.6 Å². The first-order valence-corrected chi connectivity index (χ1v) is 3.74. The zero-order chi connectivity index (χ0) is 7.28. The lowest BCUT2D eigenvalue weighted by Gasteiger charge is -1.90. The Morgan fingerprint density at radius 3 is 2.56 bits per heavy atom. The first-order chi connectivity index (χ1) is 4.16.